The Labute approximate surface area is 164 Å². The van der Waals surface area contributed by atoms with Crippen molar-refractivity contribution in [3.63, 3.8) is 0 Å². The molecule has 0 fully saturated rings. The van der Waals surface area contributed by atoms with Crippen molar-refractivity contribution >= 4 is 17.2 Å². The number of aryl methyl sites for hydroxylation is 1. The van der Waals surface area contributed by atoms with Crippen LogP contribution in [0.4, 0.5) is 5.69 Å². The molecule has 0 saturated carbocycles. The van der Waals surface area contributed by atoms with Gasteiger partial charge in [-0.3, -0.25) is 5.43 Å². The van der Waals surface area contributed by atoms with Crippen LogP contribution in [-0.2, 0) is 0 Å². The Bertz CT molecular complexity index is 1050. The normalized spacial score (nSPS) is 12.8. The Balaban J connectivity index is 1.83. The second-order valence-electron chi connectivity index (χ2n) is 6.51. The molecule has 5 nitrogen and oxygen atoms in total. The van der Waals surface area contributed by atoms with Gasteiger partial charge in [-0.2, -0.15) is 5.10 Å². The van der Waals surface area contributed by atoms with Crippen LogP contribution in [0.5, 0.6) is 11.5 Å². The summed E-state index contributed by atoms with van der Waals surface area (Å²) in [7, 11) is 3.31. The predicted octanol–water partition coefficient (Wildman–Crippen LogP) is 4.45. The fraction of sp³-hybridized carbons (Fsp3) is 0.130. The van der Waals surface area contributed by atoms with Gasteiger partial charge in [-0.05, 0) is 49.4 Å². The lowest BCUT2D eigenvalue weighted by atomic mass is 9.99. The van der Waals surface area contributed by atoms with E-state index in [-0.39, 0.29) is 0 Å². The van der Waals surface area contributed by atoms with Crippen LogP contribution in [-0.4, -0.2) is 25.8 Å². The van der Waals surface area contributed by atoms with Crippen molar-refractivity contribution in [1.82, 2.24) is 5.43 Å². The minimum Gasteiger partial charge on any atom is -0.497 e. The van der Waals surface area contributed by atoms with Gasteiger partial charge in [0.2, 0.25) is 0 Å². The molecule has 0 aromatic heterocycles. The number of hydrogen-bond donors (Lipinski definition) is 1. The number of ether oxygens (including phenoxy) is 2. The first-order valence-electron chi connectivity index (χ1n) is 9.00. The maximum atomic E-state index is 5.42. The van der Waals surface area contributed by atoms with Gasteiger partial charge in [-0.1, -0.05) is 29.8 Å². The third kappa shape index (κ3) is 3.47. The SMILES string of the molecule is COc1ccc(C2=Nc3ccc(OC)cc3C(c3ccc(C)cc3)=NN2)cc1. The van der Waals surface area contributed by atoms with Crippen LogP contribution in [0.25, 0.3) is 0 Å². The molecule has 0 bridgehead atoms. The van der Waals surface area contributed by atoms with Crippen LogP contribution >= 0.6 is 0 Å². The van der Waals surface area contributed by atoms with E-state index in [4.69, 9.17) is 14.5 Å². The third-order valence-corrected chi connectivity index (χ3v) is 4.65. The fourth-order valence-corrected chi connectivity index (χ4v) is 3.05. The van der Waals surface area contributed by atoms with Crippen molar-refractivity contribution in [1.29, 1.82) is 0 Å². The maximum Gasteiger partial charge on any atom is 0.154 e. The van der Waals surface area contributed by atoms with Gasteiger partial charge in [0.05, 0.1) is 19.9 Å². The first kappa shape index (κ1) is 17.8. The molecule has 4 rings (SSSR count). The largest absolute Gasteiger partial charge is 0.497 e. The Morgan fingerprint density at radius 1 is 0.750 bits per heavy atom. The van der Waals surface area contributed by atoms with Gasteiger partial charge in [0.1, 0.15) is 17.2 Å². The number of aliphatic imine (C=N–C) groups is 1. The van der Waals surface area contributed by atoms with Gasteiger partial charge < -0.3 is 9.47 Å². The zero-order valence-electron chi connectivity index (χ0n) is 16.1. The summed E-state index contributed by atoms with van der Waals surface area (Å²) < 4.78 is 10.7. The minimum atomic E-state index is 0.677. The van der Waals surface area contributed by atoms with Crippen molar-refractivity contribution in [3.05, 3.63) is 89.0 Å². The Kier molecular flexibility index (Phi) is 4.81. The molecule has 0 unspecified atom stereocenters. The van der Waals surface area contributed by atoms with Crippen LogP contribution < -0.4 is 14.9 Å². The van der Waals surface area contributed by atoms with E-state index in [1.807, 2.05) is 42.5 Å². The molecule has 0 spiro atoms. The van der Waals surface area contributed by atoms with Crippen LogP contribution in [0, 0.1) is 6.92 Å². The third-order valence-electron chi connectivity index (χ3n) is 4.65. The van der Waals surface area contributed by atoms with Crippen molar-refractivity contribution in [3.8, 4) is 11.5 Å². The van der Waals surface area contributed by atoms with E-state index >= 15 is 0 Å². The molecule has 1 N–H and O–H groups in total. The first-order valence-corrected chi connectivity index (χ1v) is 9.00. The number of amidine groups is 1. The summed E-state index contributed by atoms with van der Waals surface area (Å²) in [5, 5.41) is 4.69. The summed E-state index contributed by atoms with van der Waals surface area (Å²) in [5.74, 6) is 2.24. The lowest BCUT2D eigenvalue weighted by Crippen LogP contribution is -2.19. The topological polar surface area (TPSA) is 55.2 Å². The van der Waals surface area contributed by atoms with Crippen molar-refractivity contribution in [2.45, 2.75) is 6.92 Å². The van der Waals surface area contributed by atoms with E-state index in [9.17, 15) is 0 Å². The van der Waals surface area contributed by atoms with Gasteiger partial charge in [0.25, 0.3) is 0 Å². The standard InChI is InChI=1S/C23H21N3O2/c1-15-4-6-16(7-5-15)22-20-14-19(28-3)12-13-21(20)24-23(26-25-22)17-8-10-18(27-2)11-9-17/h4-14H,1-3H3,(H,24,26). The average Bonchev–Trinajstić information content (AvgIpc) is 2.93. The average molecular weight is 371 g/mol. The summed E-state index contributed by atoms with van der Waals surface area (Å²) in [6, 6.07) is 21.8. The van der Waals surface area contributed by atoms with Gasteiger partial charge >= 0.3 is 0 Å². The number of rotatable bonds is 4. The number of nitrogens with zero attached hydrogens (tertiary/aromatic N) is 2. The highest BCUT2D eigenvalue weighted by molar-refractivity contribution is 6.18. The first-order chi connectivity index (χ1) is 13.7. The van der Waals surface area contributed by atoms with Crippen LogP contribution in [0.1, 0.15) is 22.3 Å². The molecular weight excluding hydrogens is 350 g/mol. The molecule has 3 aromatic rings. The molecule has 1 aliphatic rings. The molecule has 0 saturated heterocycles. The van der Waals surface area contributed by atoms with Crippen molar-refractivity contribution in [2.75, 3.05) is 14.2 Å². The summed E-state index contributed by atoms with van der Waals surface area (Å²) in [6.07, 6.45) is 0. The maximum absolute atomic E-state index is 5.42. The summed E-state index contributed by atoms with van der Waals surface area (Å²) in [5.41, 5.74) is 8.85. The van der Waals surface area contributed by atoms with Crippen molar-refractivity contribution in [2.24, 2.45) is 10.1 Å². The molecule has 3 aromatic carbocycles. The highest BCUT2D eigenvalue weighted by Crippen LogP contribution is 2.29. The Hall–Kier alpha value is -3.60. The van der Waals surface area contributed by atoms with E-state index in [0.29, 0.717) is 5.84 Å². The van der Waals surface area contributed by atoms with Crippen molar-refractivity contribution < 1.29 is 9.47 Å². The molecule has 140 valence electrons. The van der Waals surface area contributed by atoms with Crippen LogP contribution in [0.3, 0.4) is 0 Å². The molecule has 0 atom stereocenters. The second-order valence-corrected chi connectivity index (χ2v) is 6.51. The summed E-state index contributed by atoms with van der Waals surface area (Å²) in [6.45, 7) is 2.07. The van der Waals surface area contributed by atoms with E-state index in [1.54, 1.807) is 14.2 Å². The number of methoxy groups -OCH3 is 2. The molecule has 28 heavy (non-hydrogen) atoms. The van der Waals surface area contributed by atoms with Gasteiger partial charge in [0.15, 0.2) is 5.84 Å². The number of hydrogen-bond acceptors (Lipinski definition) is 5. The predicted molar refractivity (Wildman–Crippen MR) is 112 cm³/mol. The Morgan fingerprint density at radius 3 is 2.07 bits per heavy atom. The van der Waals surface area contributed by atoms with Gasteiger partial charge in [0, 0.05) is 16.7 Å². The number of benzene rings is 3. The molecule has 1 heterocycles. The Morgan fingerprint density at radius 2 is 1.39 bits per heavy atom. The summed E-state index contributed by atoms with van der Waals surface area (Å²) >= 11 is 0. The highest BCUT2D eigenvalue weighted by atomic mass is 16.5. The smallest absolute Gasteiger partial charge is 0.154 e. The quantitative estimate of drug-likeness (QED) is 0.737. The fourth-order valence-electron chi connectivity index (χ4n) is 3.05. The number of fused-ring (bicyclic) bond motifs is 1. The number of hydrazone groups is 1. The molecule has 0 aliphatic carbocycles. The minimum absolute atomic E-state index is 0.677. The monoisotopic (exact) mass is 371 g/mol. The molecule has 0 radical (unpaired) electrons. The number of nitrogens with one attached hydrogen (secondary N) is 1. The zero-order valence-corrected chi connectivity index (χ0v) is 16.1. The lowest BCUT2D eigenvalue weighted by Gasteiger charge is -2.10. The van der Waals surface area contributed by atoms with Gasteiger partial charge in [-0.15, -0.1) is 0 Å². The summed E-state index contributed by atoms with van der Waals surface area (Å²) in [4.78, 5) is 4.83. The van der Waals surface area contributed by atoms with Crippen LogP contribution in [0.15, 0.2) is 76.8 Å². The highest BCUT2D eigenvalue weighted by Gasteiger charge is 2.18. The van der Waals surface area contributed by atoms with Gasteiger partial charge in [-0.25, -0.2) is 4.99 Å². The molecule has 0 amide bonds. The zero-order chi connectivity index (χ0) is 19.5. The van der Waals surface area contributed by atoms with E-state index < -0.39 is 0 Å². The van der Waals surface area contributed by atoms with Crippen LogP contribution in [0.2, 0.25) is 0 Å². The van der Waals surface area contributed by atoms with E-state index in [1.165, 1.54) is 5.56 Å². The molecular formula is C23H21N3O2. The van der Waals surface area contributed by atoms with E-state index in [2.05, 4.69) is 41.7 Å². The molecule has 1 aliphatic heterocycles. The molecule has 5 heteroatoms. The van der Waals surface area contributed by atoms with E-state index in [0.717, 1.165) is 39.6 Å². The lowest BCUT2D eigenvalue weighted by molar-refractivity contribution is 0.414. The second kappa shape index (κ2) is 7.56.